The first-order valence-corrected chi connectivity index (χ1v) is 5.40. The molecule has 0 aromatic heterocycles. The molecular weight excluding hydrogens is 232 g/mol. The summed E-state index contributed by atoms with van der Waals surface area (Å²) >= 11 is 0. The Balaban J connectivity index is 2.58. The van der Waals surface area contributed by atoms with E-state index < -0.39 is 11.9 Å². The number of amides is 1. The first-order chi connectivity index (χ1) is 8.69. The van der Waals surface area contributed by atoms with Crippen LogP contribution in [0.2, 0.25) is 0 Å². The van der Waals surface area contributed by atoms with Gasteiger partial charge in [0.15, 0.2) is 0 Å². The lowest BCUT2D eigenvalue weighted by atomic mass is 10.1. The quantitative estimate of drug-likeness (QED) is 0.639. The molecule has 0 atom stereocenters. The van der Waals surface area contributed by atoms with Gasteiger partial charge in [0.05, 0.1) is 30.9 Å². The van der Waals surface area contributed by atoms with Crippen LogP contribution in [0, 0.1) is 11.3 Å². The number of aliphatic hydroxyl groups is 2. The molecule has 0 aliphatic rings. The normalized spacial score (nSPS) is 10.6. The number of aliphatic hydroxyl groups excluding tert-OH is 2. The number of hydrogen-bond acceptors (Lipinski definition) is 4. The largest absolute Gasteiger partial charge is 0.394 e. The third kappa shape index (κ3) is 4.37. The lowest BCUT2D eigenvalue weighted by molar-refractivity contribution is -0.117. The molecule has 0 aliphatic carbocycles. The zero-order chi connectivity index (χ0) is 13.4. The minimum absolute atomic E-state index is 0.313. The first kappa shape index (κ1) is 13.9. The summed E-state index contributed by atoms with van der Waals surface area (Å²) in [5.74, 6) is -0.396. The van der Waals surface area contributed by atoms with E-state index in [0.717, 1.165) is 5.56 Å². The van der Waals surface area contributed by atoms with Gasteiger partial charge >= 0.3 is 0 Å². The van der Waals surface area contributed by atoms with Crippen molar-refractivity contribution in [3.63, 3.8) is 0 Å². The number of nitrogens with zero attached hydrogens (tertiary/aromatic N) is 1. The van der Waals surface area contributed by atoms with Gasteiger partial charge in [-0.15, -0.1) is 0 Å². The lowest BCUT2D eigenvalue weighted by Crippen LogP contribution is -2.39. The average Bonchev–Trinajstić information content (AvgIpc) is 2.43. The van der Waals surface area contributed by atoms with E-state index in [1.54, 1.807) is 30.3 Å². The number of nitriles is 1. The summed E-state index contributed by atoms with van der Waals surface area (Å²) < 4.78 is 0. The molecule has 94 valence electrons. The first-order valence-electron chi connectivity index (χ1n) is 5.40. The summed E-state index contributed by atoms with van der Waals surface area (Å²) in [5, 5.41) is 28.6. The van der Waals surface area contributed by atoms with Crippen molar-refractivity contribution in [3.8, 4) is 6.07 Å². The van der Waals surface area contributed by atoms with Crippen LogP contribution in [0.4, 0.5) is 0 Å². The zero-order valence-corrected chi connectivity index (χ0v) is 9.71. The SMILES string of the molecule is N#Cc1ccc(C=CC(=O)NC(CO)CO)cc1. The summed E-state index contributed by atoms with van der Waals surface area (Å²) in [6.07, 6.45) is 2.89. The van der Waals surface area contributed by atoms with Gasteiger partial charge in [-0.1, -0.05) is 12.1 Å². The van der Waals surface area contributed by atoms with Crippen LogP contribution >= 0.6 is 0 Å². The van der Waals surface area contributed by atoms with Crippen molar-refractivity contribution in [2.24, 2.45) is 0 Å². The third-order valence-corrected chi connectivity index (χ3v) is 2.25. The number of nitrogens with one attached hydrogen (secondary N) is 1. The molecule has 1 aromatic rings. The molecule has 1 aromatic carbocycles. The monoisotopic (exact) mass is 246 g/mol. The third-order valence-electron chi connectivity index (χ3n) is 2.25. The fourth-order valence-electron chi connectivity index (χ4n) is 1.24. The molecule has 0 saturated heterocycles. The van der Waals surface area contributed by atoms with E-state index in [-0.39, 0.29) is 13.2 Å². The Labute approximate surface area is 105 Å². The van der Waals surface area contributed by atoms with E-state index in [4.69, 9.17) is 15.5 Å². The minimum Gasteiger partial charge on any atom is -0.394 e. The van der Waals surface area contributed by atoms with Crippen molar-refractivity contribution >= 4 is 12.0 Å². The predicted molar refractivity (Wildman–Crippen MR) is 66.3 cm³/mol. The fourth-order valence-corrected chi connectivity index (χ4v) is 1.24. The standard InChI is InChI=1S/C13H14N2O3/c14-7-11-3-1-10(2-4-11)5-6-13(18)15-12(8-16)9-17/h1-6,12,16-17H,8-9H2,(H,15,18). The van der Waals surface area contributed by atoms with Crippen LogP contribution in [0.1, 0.15) is 11.1 Å². The Bertz CT molecular complexity index is 456. The second-order valence-corrected chi connectivity index (χ2v) is 3.64. The Morgan fingerprint density at radius 2 is 1.94 bits per heavy atom. The highest BCUT2D eigenvalue weighted by atomic mass is 16.3. The van der Waals surface area contributed by atoms with Crippen LogP contribution in [-0.2, 0) is 4.79 Å². The molecule has 0 radical (unpaired) electrons. The Kier molecular flexibility index (Phi) is 5.58. The number of hydrogen-bond donors (Lipinski definition) is 3. The molecular formula is C13H14N2O3. The van der Waals surface area contributed by atoms with Crippen LogP contribution < -0.4 is 5.32 Å². The molecule has 5 nitrogen and oxygen atoms in total. The summed E-state index contributed by atoms with van der Waals surface area (Å²) in [4.78, 5) is 11.4. The maximum absolute atomic E-state index is 11.4. The van der Waals surface area contributed by atoms with Crippen LogP contribution in [0.5, 0.6) is 0 Å². The molecule has 1 rings (SSSR count). The second-order valence-electron chi connectivity index (χ2n) is 3.64. The van der Waals surface area contributed by atoms with Gasteiger partial charge in [-0.3, -0.25) is 4.79 Å². The number of carbonyl (C=O) groups excluding carboxylic acids is 1. The number of benzene rings is 1. The summed E-state index contributed by atoms with van der Waals surface area (Å²) in [6, 6.07) is 8.10. The maximum atomic E-state index is 11.4. The van der Waals surface area contributed by atoms with Gasteiger partial charge in [-0.05, 0) is 23.8 Å². The van der Waals surface area contributed by atoms with Crippen molar-refractivity contribution < 1.29 is 15.0 Å². The van der Waals surface area contributed by atoms with Gasteiger partial charge < -0.3 is 15.5 Å². The topological polar surface area (TPSA) is 93.4 Å². The second kappa shape index (κ2) is 7.22. The highest BCUT2D eigenvalue weighted by molar-refractivity contribution is 5.91. The molecule has 0 bridgehead atoms. The molecule has 0 fully saturated rings. The van der Waals surface area contributed by atoms with E-state index in [1.807, 2.05) is 6.07 Å². The van der Waals surface area contributed by atoms with Gasteiger partial charge in [-0.25, -0.2) is 0 Å². The van der Waals surface area contributed by atoms with Gasteiger partial charge in [-0.2, -0.15) is 5.26 Å². The summed E-state index contributed by atoms with van der Waals surface area (Å²) in [6.45, 7) is -0.625. The maximum Gasteiger partial charge on any atom is 0.244 e. The fraction of sp³-hybridized carbons (Fsp3) is 0.231. The van der Waals surface area contributed by atoms with Crippen molar-refractivity contribution in [3.05, 3.63) is 41.5 Å². The molecule has 1 amide bonds. The van der Waals surface area contributed by atoms with Crippen molar-refractivity contribution in [1.82, 2.24) is 5.32 Å². The molecule has 0 saturated carbocycles. The van der Waals surface area contributed by atoms with E-state index in [2.05, 4.69) is 5.32 Å². The van der Waals surface area contributed by atoms with Gasteiger partial charge in [0.1, 0.15) is 0 Å². The van der Waals surface area contributed by atoms with Crippen LogP contribution in [-0.4, -0.2) is 35.4 Å². The molecule has 0 unspecified atom stereocenters. The van der Waals surface area contributed by atoms with Gasteiger partial charge in [0.2, 0.25) is 5.91 Å². The molecule has 0 heterocycles. The van der Waals surface area contributed by atoms with Crippen LogP contribution in [0.25, 0.3) is 6.08 Å². The molecule has 5 heteroatoms. The Morgan fingerprint density at radius 1 is 1.33 bits per heavy atom. The van der Waals surface area contributed by atoms with E-state index in [0.29, 0.717) is 5.56 Å². The van der Waals surface area contributed by atoms with E-state index >= 15 is 0 Å². The van der Waals surface area contributed by atoms with Crippen molar-refractivity contribution in [2.75, 3.05) is 13.2 Å². The minimum atomic E-state index is -0.650. The molecule has 3 N–H and O–H groups in total. The van der Waals surface area contributed by atoms with Crippen LogP contribution in [0.3, 0.4) is 0 Å². The highest BCUT2D eigenvalue weighted by Crippen LogP contribution is 2.04. The zero-order valence-electron chi connectivity index (χ0n) is 9.71. The molecule has 18 heavy (non-hydrogen) atoms. The van der Waals surface area contributed by atoms with E-state index in [1.165, 1.54) is 6.08 Å². The van der Waals surface area contributed by atoms with Gasteiger partial charge in [0, 0.05) is 6.08 Å². The van der Waals surface area contributed by atoms with E-state index in [9.17, 15) is 4.79 Å². The lowest BCUT2D eigenvalue weighted by Gasteiger charge is -2.10. The van der Waals surface area contributed by atoms with Crippen molar-refractivity contribution in [2.45, 2.75) is 6.04 Å². The summed E-state index contributed by atoms with van der Waals surface area (Å²) in [5.41, 5.74) is 1.34. The van der Waals surface area contributed by atoms with Crippen LogP contribution in [0.15, 0.2) is 30.3 Å². The molecule has 0 spiro atoms. The number of carbonyl (C=O) groups is 1. The Hall–Kier alpha value is -2.16. The highest BCUT2D eigenvalue weighted by Gasteiger charge is 2.06. The summed E-state index contributed by atoms with van der Waals surface area (Å²) in [7, 11) is 0. The molecule has 0 aliphatic heterocycles. The smallest absolute Gasteiger partial charge is 0.244 e. The predicted octanol–water partition coefficient (Wildman–Crippen LogP) is 0.0409. The van der Waals surface area contributed by atoms with Gasteiger partial charge in [0.25, 0.3) is 0 Å². The number of rotatable bonds is 5. The van der Waals surface area contributed by atoms with Crippen molar-refractivity contribution in [1.29, 1.82) is 5.26 Å². The Morgan fingerprint density at radius 3 is 2.44 bits per heavy atom. The average molecular weight is 246 g/mol.